The van der Waals surface area contributed by atoms with Crippen molar-refractivity contribution in [2.45, 2.75) is 25.3 Å². The average Bonchev–Trinajstić information content (AvgIpc) is 2.40. The molecule has 2 rings (SSSR count). The van der Waals surface area contributed by atoms with Crippen LogP contribution in [0.3, 0.4) is 0 Å². The summed E-state index contributed by atoms with van der Waals surface area (Å²) >= 11 is 0. The van der Waals surface area contributed by atoms with Crippen molar-refractivity contribution in [3.05, 3.63) is 35.4 Å². The van der Waals surface area contributed by atoms with Crippen molar-refractivity contribution in [3.8, 4) is 0 Å². The van der Waals surface area contributed by atoms with E-state index in [9.17, 15) is 4.79 Å². The Hall–Kier alpha value is -1.55. The number of carboxylic acid groups (broad SMARTS) is 1. The topological polar surface area (TPSA) is 52.6 Å². The SMILES string of the molecule is CN(Cc1cccc(C2CCNCC2)c1)C(=O)O. The largest absolute Gasteiger partial charge is 0.465 e. The minimum Gasteiger partial charge on any atom is -0.465 e. The Morgan fingerprint density at radius 2 is 2.17 bits per heavy atom. The Labute approximate surface area is 108 Å². The first-order valence-corrected chi connectivity index (χ1v) is 6.40. The molecule has 0 spiro atoms. The van der Waals surface area contributed by atoms with Gasteiger partial charge in [0.15, 0.2) is 0 Å². The molecular weight excluding hydrogens is 228 g/mol. The highest BCUT2D eigenvalue weighted by molar-refractivity contribution is 5.64. The summed E-state index contributed by atoms with van der Waals surface area (Å²) in [6, 6.07) is 8.32. The monoisotopic (exact) mass is 248 g/mol. The van der Waals surface area contributed by atoms with Crippen molar-refractivity contribution in [2.75, 3.05) is 20.1 Å². The van der Waals surface area contributed by atoms with Crippen LogP contribution in [0.25, 0.3) is 0 Å². The number of hydrogen-bond acceptors (Lipinski definition) is 2. The van der Waals surface area contributed by atoms with Crippen molar-refractivity contribution >= 4 is 6.09 Å². The van der Waals surface area contributed by atoms with E-state index in [0.29, 0.717) is 12.5 Å². The van der Waals surface area contributed by atoms with Gasteiger partial charge in [-0.2, -0.15) is 0 Å². The number of carbonyl (C=O) groups is 1. The van der Waals surface area contributed by atoms with E-state index in [1.807, 2.05) is 12.1 Å². The van der Waals surface area contributed by atoms with Crippen LogP contribution in [0.4, 0.5) is 4.79 Å². The van der Waals surface area contributed by atoms with Gasteiger partial charge in [-0.1, -0.05) is 24.3 Å². The van der Waals surface area contributed by atoms with Crippen molar-refractivity contribution in [1.29, 1.82) is 0 Å². The lowest BCUT2D eigenvalue weighted by Crippen LogP contribution is -2.27. The highest BCUT2D eigenvalue weighted by Gasteiger charge is 2.15. The van der Waals surface area contributed by atoms with Crippen LogP contribution in [0.2, 0.25) is 0 Å². The number of hydrogen-bond donors (Lipinski definition) is 2. The van der Waals surface area contributed by atoms with Gasteiger partial charge in [0.05, 0.1) is 0 Å². The summed E-state index contributed by atoms with van der Waals surface area (Å²) in [4.78, 5) is 12.1. The fourth-order valence-electron chi connectivity index (χ4n) is 2.44. The van der Waals surface area contributed by atoms with Gasteiger partial charge < -0.3 is 15.3 Å². The second kappa shape index (κ2) is 5.87. The standard InChI is InChI=1S/C14H20N2O2/c1-16(14(17)18)10-11-3-2-4-13(9-11)12-5-7-15-8-6-12/h2-4,9,12,15H,5-8,10H2,1H3,(H,17,18). The van der Waals surface area contributed by atoms with Crippen LogP contribution < -0.4 is 5.32 Å². The number of amides is 1. The summed E-state index contributed by atoms with van der Waals surface area (Å²) < 4.78 is 0. The quantitative estimate of drug-likeness (QED) is 0.862. The molecule has 1 aromatic rings. The lowest BCUT2D eigenvalue weighted by Gasteiger charge is -2.23. The minimum absolute atomic E-state index is 0.453. The highest BCUT2D eigenvalue weighted by Crippen LogP contribution is 2.25. The third-order valence-electron chi connectivity index (χ3n) is 3.51. The number of nitrogens with zero attached hydrogens (tertiary/aromatic N) is 1. The number of nitrogens with one attached hydrogen (secondary N) is 1. The molecule has 0 bridgehead atoms. The van der Waals surface area contributed by atoms with E-state index in [4.69, 9.17) is 5.11 Å². The van der Waals surface area contributed by atoms with Gasteiger partial charge in [0.2, 0.25) is 0 Å². The molecule has 1 saturated heterocycles. The molecule has 98 valence electrons. The second-order valence-electron chi connectivity index (χ2n) is 4.91. The molecule has 0 atom stereocenters. The third-order valence-corrected chi connectivity index (χ3v) is 3.51. The first-order valence-electron chi connectivity index (χ1n) is 6.40. The minimum atomic E-state index is -0.887. The fourth-order valence-corrected chi connectivity index (χ4v) is 2.44. The average molecular weight is 248 g/mol. The Bertz CT molecular complexity index is 414. The maximum atomic E-state index is 10.8. The molecule has 1 amide bonds. The predicted octanol–water partition coefficient (Wildman–Crippen LogP) is 2.26. The van der Waals surface area contributed by atoms with Crippen LogP contribution in [0.1, 0.15) is 29.9 Å². The van der Waals surface area contributed by atoms with Crippen LogP contribution in [-0.2, 0) is 6.54 Å². The molecule has 1 aliphatic rings. The molecular formula is C14H20N2O2. The highest BCUT2D eigenvalue weighted by atomic mass is 16.4. The van der Waals surface area contributed by atoms with Crippen LogP contribution in [0.15, 0.2) is 24.3 Å². The molecule has 18 heavy (non-hydrogen) atoms. The lowest BCUT2D eigenvalue weighted by molar-refractivity contribution is 0.153. The summed E-state index contributed by atoms with van der Waals surface area (Å²) in [5, 5.41) is 12.2. The molecule has 1 fully saturated rings. The molecule has 1 aliphatic heterocycles. The number of piperidine rings is 1. The van der Waals surface area contributed by atoms with Gasteiger partial charge in [0.1, 0.15) is 0 Å². The second-order valence-corrected chi connectivity index (χ2v) is 4.91. The summed E-state index contributed by atoms with van der Waals surface area (Å²) in [6.45, 7) is 2.60. The van der Waals surface area contributed by atoms with Gasteiger partial charge in [0.25, 0.3) is 0 Å². The summed E-state index contributed by atoms with van der Waals surface area (Å²) in [7, 11) is 1.60. The van der Waals surface area contributed by atoms with E-state index >= 15 is 0 Å². The van der Waals surface area contributed by atoms with Crippen LogP contribution >= 0.6 is 0 Å². The molecule has 0 radical (unpaired) electrons. The van der Waals surface area contributed by atoms with E-state index in [1.165, 1.54) is 10.5 Å². The molecule has 1 aromatic carbocycles. The summed E-state index contributed by atoms with van der Waals surface area (Å²) in [5.74, 6) is 0.612. The molecule has 4 nitrogen and oxygen atoms in total. The van der Waals surface area contributed by atoms with Gasteiger partial charge in [-0.25, -0.2) is 4.79 Å². The van der Waals surface area contributed by atoms with Gasteiger partial charge >= 0.3 is 6.09 Å². The molecule has 1 heterocycles. The van der Waals surface area contributed by atoms with Crippen LogP contribution in [-0.4, -0.2) is 36.2 Å². The zero-order chi connectivity index (χ0) is 13.0. The maximum Gasteiger partial charge on any atom is 0.407 e. The molecule has 0 unspecified atom stereocenters. The number of benzene rings is 1. The van der Waals surface area contributed by atoms with Crippen molar-refractivity contribution in [3.63, 3.8) is 0 Å². The Morgan fingerprint density at radius 1 is 1.44 bits per heavy atom. The van der Waals surface area contributed by atoms with E-state index in [-0.39, 0.29) is 0 Å². The normalized spacial score (nSPS) is 16.5. The Balaban J connectivity index is 2.06. The number of rotatable bonds is 3. The zero-order valence-corrected chi connectivity index (χ0v) is 10.7. The third kappa shape index (κ3) is 3.23. The lowest BCUT2D eigenvalue weighted by atomic mass is 9.89. The predicted molar refractivity (Wildman–Crippen MR) is 70.8 cm³/mol. The summed E-state index contributed by atoms with van der Waals surface area (Å²) in [6.07, 6.45) is 1.44. The van der Waals surface area contributed by atoms with Gasteiger partial charge in [0, 0.05) is 13.6 Å². The van der Waals surface area contributed by atoms with Gasteiger partial charge in [-0.3, -0.25) is 0 Å². The fraction of sp³-hybridized carbons (Fsp3) is 0.500. The van der Waals surface area contributed by atoms with Crippen molar-refractivity contribution in [2.24, 2.45) is 0 Å². The summed E-state index contributed by atoms with van der Waals surface area (Å²) in [5.41, 5.74) is 2.41. The Morgan fingerprint density at radius 3 is 2.83 bits per heavy atom. The molecule has 0 aromatic heterocycles. The molecule has 2 N–H and O–H groups in total. The molecule has 4 heteroatoms. The van der Waals surface area contributed by atoms with Crippen LogP contribution in [0, 0.1) is 0 Å². The van der Waals surface area contributed by atoms with E-state index in [0.717, 1.165) is 31.5 Å². The van der Waals surface area contributed by atoms with E-state index < -0.39 is 6.09 Å². The van der Waals surface area contributed by atoms with Crippen molar-refractivity contribution in [1.82, 2.24) is 10.2 Å². The van der Waals surface area contributed by atoms with E-state index in [2.05, 4.69) is 17.4 Å². The van der Waals surface area contributed by atoms with E-state index in [1.54, 1.807) is 7.05 Å². The zero-order valence-electron chi connectivity index (χ0n) is 10.7. The molecule has 0 saturated carbocycles. The van der Waals surface area contributed by atoms with Crippen LogP contribution in [0.5, 0.6) is 0 Å². The maximum absolute atomic E-state index is 10.8. The first-order chi connectivity index (χ1) is 8.66. The van der Waals surface area contributed by atoms with Gasteiger partial charge in [-0.15, -0.1) is 0 Å². The first kappa shape index (κ1) is 12.9. The Kier molecular flexibility index (Phi) is 4.20. The van der Waals surface area contributed by atoms with Gasteiger partial charge in [-0.05, 0) is 43.0 Å². The van der Waals surface area contributed by atoms with Crippen molar-refractivity contribution < 1.29 is 9.90 Å². The molecule has 0 aliphatic carbocycles. The smallest absolute Gasteiger partial charge is 0.407 e.